The lowest BCUT2D eigenvalue weighted by Crippen LogP contribution is -2.42. The molecule has 0 saturated heterocycles. The highest BCUT2D eigenvalue weighted by molar-refractivity contribution is 5.36. The predicted octanol–water partition coefficient (Wildman–Crippen LogP) is 1.25. The Morgan fingerprint density at radius 2 is 1.79 bits per heavy atom. The summed E-state index contributed by atoms with van der Waals surface area (Å²) >= 11 is 0. The quantitative estimate of drug-likeness (QED) is 0.739. The van der Waals surface area contributed by atoms with Crippen LogP contribution in [0.3, 0.4) is 0 Å². The Labute approximate surface area is 156 Å². The van der Waals surface area contributed by atoms with E-state index in [4.69, 9.17) is 13.6 Å². The van der Waals surface area contributed by atoms with E-state index in [-0.39, 0.29) is 16.7 Å². The maximum Gasteiger partial charge on any atom is 0.423 e. The molecule has 1 aromatic carbocycles. The van der Waals surface area contributed by atoms with Crippen LogP contribution in [0.2, 0.25) is 0 Å². The summed E-state index contributed by atoms with van der Waals surface area (Å²) in [6.07, 6.45) is -0.523. The second-order valence-corrected chi connectivity index (χ2v) is 6.35. The molecule has 1 heterocycles. The van der Waals surface area contributed by atoms with Gasteiger partial charge in [-0.1, -0.05) is 0 Å². The van der Waals surface area contributed by atoms with E-state index >= 15 is 0 Å². The van der Waals surface area contributed by atoms with Gasteiger partial charge in [-0.15, -0.1) is 0 Å². The molecule has 3 rings (SSSR count). The number of fused-ring (bicyclic) bond motifs is 1. The standard InChI is InChI=1S/C19H18F3NO5/c1-23-9-8-14(26-13-5-3-12(4-6-13)19(20,21)22)11-2-7-15-16(10-11)28-18(25)17(24)27-15/h3-7,10-11,14,23H,2,8-9H2,1H3. The van der Waals surface area contributed by atoms with Crippen LogP contribution in [-0.2, 0) is 6.18 Å². The van der Waals surface area contributed by atoms with Crippen LogP contribution in [0, 0.1) is 5.92 Å². The van der Waals surface area contributed by atoms with Crippen LogP contribution in [0.4, 0.5) is 13.2 Å². The third-order valence-corrected chi connectivity index (χ3v) is 4.38. The van der Waals surface area contributed by atoms with Crippen molar-refractivity contribution in [3.05, 3.63) is 61.5 Å². The fourth-order valence-corrected chi connectivity index (χ4v) is 2.95. The molecule has 0 radical (unpaired) electrons. The summed E-state index contributed by atoms with van der Waals surface area (Å²) in [4.78, 5) is 22.7. The number of alkyl halides is 3. The number of ether oxygens (including phenoxy) is 1. The van der Waals surface area contributed by atoms with Crippen molar-refractivity contribution in [3.63, 3.8) is 0 Å². The van der Waals surface area contributed by atoms with E-state index in [9.17, 15) is 22.8 Å². The fourth-order valence-electron chi connectivity index (χ4n) is 2.95. The van der Waals surface area contributed by atoms with Crippen LogP contribution in [0.5, 0.6) is 5.75 Å². The largest absolute Gasteiger partial charge is 0.490 e. The Balaban J connectivity index is 1.86. The van der Waals surface area contributed by atoms with E-state index in [1.807, 2.05) is 0 Å². The normalized spacial score (nSPS) is 17.2. The molecule has 0 saturated carbocycles. The lowest BCUT2D eigenvalue weighted by molar-refractivity contribution is -0.137. The van der Waals surface area contributed by atoms with Crippen molar-refractivity contribution < 1.29 is 26.7 Å². The second-order valence-electron chi connectivity index (χ2n) is 6.35. The van der Waals surface area contributed by atoms with Crippen molar-refractivity contribution in [2.45, 2.75) is 25.1 Å². The van der Waals surface area contributed by atoms with E-state index < -0.39 is 29.1 Å². The number of benzene rings is 1. The molecule has 6 nitrogen and oxygen atoms in total. The summed E-state index contributed by atoms with van der Waals surface area (Å²) in [5.41, 5.74) is -2.60. The molecule has 1 aliphatic carbocycles. The van der Waals surface area contributed by atoms with Gasteiger partial charge in [0, 0.05) is 5.92 Å². The van der Waals surface area contributed by atoms with E-state index in [0.717, 1.165) is 12.1 Å². The summed E-state index contributed by atoms with van der Waals surface area (Å²) in [7, 11) is 1.77. The van der Waals surface area contributed by atoms with Gasteiger partial charge in [0.15, 0.2) is 10.8 Å². The lowest BCUT2D eigenvalue weighted by Gasteiger charge is -2.26. The molecule has 0 spiro atoms. The topological polar surface area (TPSA) is 81.7 Å². The maximum absolute atomic E-state index is 12.7. The van der Waals surface area contributed by atoms with Gasteiger partial charge in [0.05, 0.1) is 5.56 Å². The van der Waals surface area contributed by atoms with Crippen LogP contribution in [0.25, 0.3) is 12.2 Å². The van der Waals surface area contributed by atoms with Gasteiger partial charge in [-0.2, -0.15) is 13.2 Å². The molecule has 0 aliphatic heterocycles. The highest BCUT2D eigenvalue weighted by atomic mass is 19.4. The predicted molar refractivity (Wildman–Crippen MR) is 94.2 cm³/mol. The van der Waals surface area contributed by atoms with Crippen LogP contribution < -0.4 is 32.1 Å². The van der Waals surface area contributed by atoms with Crippen molar-refractivity contribution in [1.29, 1.82) is 0 Å². The second kappa shape index (κ2) is 8.05. The Morgan fingerprint density at radius 3 is 2.39 bits per heavy atom. The van der Waals surface area contributed by atoms with Gasteiger partial charge in [-0.25, -0.2) is 9.59 Å². The number of hydrogen-bond acceptors (Lipinski definition) is 6. The lowest BCUT2D eigenvalue weighted by atomic mass is 9.93. The first kappa shape index (κ1) is 19.9. The van der Waals surface area contributed by atoms with Gasteiger partial charge >= 0.3 is 17.4 Å². The van der Waals surface area contributed by atoms with Crippen LogP contribution in [0.1, 0.15) is 18.4 Å². The molecule has 2 unspecified atom stereocenters. The van der Waals surface area contributed by atoms with Crippen LogP contribution in [-0.4, -0.2) is 19.7 Å². The van der Waals surface area contributed by atoms with Gasteiger partial charge in [-0.3, -0.25) is 0 Å². The van der Waals surface area contributed by atoms with Crippen molar-refractivity contribution in [1.82, 2.24) is 5.32 Å². The zero-order valence-corrected chi connectivity index (χ0v) is 14.9. The Morgan fingerprint density at radius 1 is 1.14 bits per heavy atom. The Bertz CT molecular complexity index is 1050. The minimum absolute atomic E-state index is 0.145. The summed E-state index contributed by atoms with van der Waals surface area (Å²) < 4.78 is 53.9. The zero-order chi connectivity index (χ0) is 20.3. The third-order valence-electron chi connectivity index (χ3n) is 4.38. The third kappa shape index (κ3) is 4.53. The average molecular weight is 397 g/mol. The number of nitrogens with one attached hydrogen (secondary N) is 1. The summed E-state index contributed by atoms with van der Waals surface area (Å²) in [6.45, 7) is 0.607. The minimum atomic E-state index is -4.42. The first-order valence-electron chi connectivity index (χ1n) is 8.63. The fraction of sp³-hybridized carbons (Fsp3) is 0.368. The SMILES string of the molecule is CNCCC(Oc1ccc(C(F)(F)F)cc1)C1C=c2oc(=O)c(=O)oc2=CC1. The van der Waals surface area contributed by atoms with Gasteiger partial charge in [0.25, 0.3) is 0 Å². The van der Waals surface area contributed by atoms with Gasteiger partial charge < -0.3 is 18.9 Å². The summed E-state index contributed by atoms with van der Waals surface area (Å²) in [5, 5.41) is 3.00. The van der Waals surface area contributed by atoms with Crippen molar-refractivity contribution in [2.24, 2.45) is 5.92 Å². The van der Waals surface area contributed by atoms with Crippen molar-refractivity contribution >= 4 is 12.2 Å². The van der Waals surface area contributed by atoms with Gasteiger partial charge in [-0.05, 0) is 62.9 Å². The number of halogens is 3. The van der Waals surface area contributed by atoms with E-state index in [0.29, 0.717) is 25.1 Å². The molecular weight excluding hydrogens is 379 g/mol. The minimum Gasteiger partial charge on any atom is -0.490 e. The van der Waals surface area contributed by atoms with Gasteiger partial charge in [0.1, 0.15) is 11.9 Å². The number of rotatable bonds is 6. The van der Waals surface area contributed by atoms with Gasteiger partial charge in [0.2, 0.25) is 0 Å². The van der Waals surface area contributed by atoms with E-state index in [1.165, 1.54) is 12.1 Å². The van der Waals surface area contributed by atoms with E-state index in [2.05, 4.69) is 5.32 Å². The summed E-state index contributed by atoms with van der Waals surface area (Å²) in [5.74, 6) is 0.0772. The first-order valence-corrected chi connectivity index (χ1v) is 8.63. The highest BCUT2D eigenvalue weighted by Gasteiger charge is 2.30. The maximum atomic E-state index is 12.7. The Kier molecular flexibility index (Phi) is 5.73. The molecule has 28 heavy (non-hydrogen) atoms. The average Bonchev–Trinajstić information content (AvgIpc) is 2.65. The van der Waals surface area contributed by atoms with Crippen molar-refractivity contribution in [2.75, 3.05) is 13.6 Å². The molecule has 1 aliphatic rings. The first-order chi connectivity index (χ1) is 13.3. The molecule has 2 atom stereocenters. The molecule has 150 valence electrons. The zero-order valence-electron chi connectivity index (χ0n) is 14.9. The Hall–Kier alpha value is -2.81. The van der Waals surface area contributed by atoms with E-state index in [1.54, 1.807) is 19.2 Å². The summed E-state index contributed by atoms with van der Waals surface area (Å²) in [6, 6.07) is 4.47. The smallest absolute Gasteiger partial charge is 0.423 e. The molecule has 9 heteroatoms. The molecule has 0 amide bonds. The van der Waals surface area contributed by atoms with Crippen LogP contribution >= 0.6 is 0 Å². The van der Waals surface area contributed by atoms with Crippen molar-refractivity contribution in [3.8, 4) is 5.75 Å². The molecule has 0 bridgehead atoms. The molecular formula is C19H18F3NO5. The molecule has 1 aromatic heterocycles. The highest BCUT2D eigenvalue weighted by Crippen LogP contribution is 2.31. The van der Waals surface area contributed by atoms with Crippen LogP contribution in [0.15, 0.2) is 42.7 Å². The number of hydrogen-bond donors (Lipinski definition) is 1. The monoisotopic (exact) mass is 397 g/mol. The molecule has 1 N–H and O–H groups in total. The molecule has 2 aromatic rings. The molecule has 0 fully saturated rings.